The molecule has 2 rings (SSSR count). The molecule has 0 unspecified atom stereocenters. The highest BCUT2D eigenvalue weighted by Crippen LogP contribution is 2.35. The molecule has 0 spiro atoms. The molecule has 9 heteroatoms. The summed E-state index contributed by atoms with van der Waals surface area (Å²) < 4.78 is 26.7. The Balaban J connectivity index is 2.51. The number of sulfonamides is 1. The van der Waals surface area contributed by atoms with E-state index in [1.165, 1.54) is 16.4 Å². The van der Waals surface area contributed by atoms with Gasteiger partial charge in [0.15, 0.2) is 0 Å². The van der Waals surface area contributed by atoms with Crippen LogP contribution in [0.4, 0.5) is 11.4 Å². The summed E-state index contributed by atoms with van der Waals surface area (Å²) in [4.78, 5) is 10.3. The highest BCUT2D eigenvalue weighted by Gasteiger charge is 2.41. The third kappa shape index (κ3) is 2.71. The van der Waals surface area contributed by atoms with Crippen LogP contribution in [0.5, 0.6) is 0 Å². The van der Waals surface area contributed by atoms with Gasteiger partial charge in [0, 0.05) is 18.2 Å². The van der Waals surface area contributed by atoms with E-state index in [2.05, 4.69) is 5.43 Å². The fraction of sp³-hybridized carbons (Fsp3) is 0.500. The number of hydrogen-bond donors (Lipinski definition) is 2. The fourth-order valence-corrected chi connectivity index (χ4v) is 4.47. The van der Waals surface area contributed by atoms with Crippen LogP contribution in [0.3, 0.4) is 0 Å². The van der Waals surface area contributed by atoms with E-state index in [1.807, 2.05) is 13.8 Å². The maximum absolute atomic E-state index is 12.7. The van der Waals surface area contributed by atoms with Crippen molar-refractivity contribution in [2.75, 3.05) is 12.0 Å². The van der Waals surface area contributed by atoms with E-state index in [1.54, 1.807) is 0 Å². The van der Waals surface area contributed by atoms with Crippen LogP contribution in [0.15, 0.2) is 23.1 Å². The summed E-state index contributed by atoms with van der Waals surface area (Å²) in [5.74, 6) is 5.20. The van der Waals surface area contributed by atoms with Gasteiger partial charge in [0.2, 0.25) is 10.0 Å². The monoisotopic (exact) mass is 314 g/mol. The molecule has 0 atom stereocenters. The van der Waals surface area contributed by atoms with Crippen LogP contribution < -0.4 is 11.3 Å². The minimum absolute atomic E-state index is 0.0691. The van der Waals surface area contributed by atoms with Gasteiger partial charge in [-0.15, -0.1) is 0 Å². The lowest BCUT2D eigenvalue weighted by molar-refractivity contribution is -0.384. The van der Waals surface area contributed by atoms with E-state index >= 15 is 0 Å². The molecule has 1 aliphatic rings. The van der Waals surface area contributed by atoms with Gasteiger partial charge in [-0.05, 0) is 38.8 Å². The normalized spacial score (nSPS) is 18.6. The van der Waals surface area contributed by atoms with Crippen molar-refractivity contribution in [2.24, 2.45) is 5.84 Å². The number of anilines is 1. The predicted molar refractivity (Wildman–Crippen MR) is 78.1 cm³/mol. The summed E-state index contributed by atoms with van der Waals surface area (Å²) in [6.07, 6.45) is 1.54. The van der Waals surface area contributed by atoms with Gasteiger partial charge in [-0.2, -0.15) is 4.31 Å². The van der Waals surface area contributed by atoms with Crippen molar-refractivity contribution in [3.63, 3.8) is 0 Å². The average Bonchev–Trinajstić information content (AvgIpc) is 2.78. The molecule has 1 aromatic rings. The molecule has 21 heavy (non-hydrogen) atoms. The van der Waals surface area contributed by atoms with Gasteiger partial charge in [0.1, 0.15) is 5.69 Å². The van der Waals surface area contributed by atoms with Crippen LogP contribution in [-0.4, -0.2) is 29.7 Å². The third-order valence-electron chi connectivity index (χ3n) is 3.73. The van der Waals surface area contributed by atoms with Crippen molar-refractivity contribution in [1.82, 2.24) is 4.31 Å². The Kier molecular flexibility index (Phi) is 3.91. The number of nitro benzene ring substituents is 1. The zero-order chi connectivity index (χ0) is 15.8. The first-order valence-electron chi connectivity index (χ1n) is 6.48. The number of nitrogens with zero attached hydrogens (tertiary/aromatic N) is 2. The van der Waals surface area contributed by atoms with Crippen molar-refractivity contribution < 1.29 is 13.3 Å². The first-order chi connectivity index (χ1) is 9.70. The van der Waals surface area contributed by atoms with Gasteiger partial charge in [0.05, 0.1) is 9.82 Å². The molecule has 1 fully saturated rings. The molecule has 1 heterocycles. The zero-order valence-electron chi connectivity index (χ0n) is 11.9. The lowest BCUT2D eigenvalue weighted by atomic mass is 10.0. The van der Waals surface area contributed by atoms with E-state index in [9.17, 15) is 18.5 Å². The molecule has 8 nitrogen and oxygen atoms in total. The van der Waals surface area contributed by atoms with Gasteiger partial charge in [0.25, 0.3) is 5.69 Å². The van der Waals surface area contributed by atoms with Gasteiger partial charge < -0.3 is 5.43 Å². The van der Waals surface area contributed by atoms with Gasteiger partial charge in [-0.1, -0.05) is 0 Å². The van der Waals surface area contributed by atoms with Gasteiger partial charge >= 0.3 is 0 Å². The number of rotatable bonds is 4. The summed E-state index contributed by atoms with van der Waals surface area (Å²) >= 11 is 0. The second-order valence-corrected chi connectivity index (χ2v) is 7.44. The molecular formula is C12H18N4O4S. The Morgan fingerprint density at radius 1 is 1.43 bits per heavy atom. The summed E-state index contributed by atoms with van der Waals surface area (Å²) in [7, 11) is -3.77. The largest absolute Gasteiger partial charge is 0.318 e. The first kappa shape index (κ1) is 15.7. The maximum Gasteiger partial charge on any atom is 0.294 e. The van der Waals surface area contributed by atoms with Crippen LogP contribution in [-0.2, 0) is 10.0 Å². The molecule has 1 aromatic carbocycles. The molecule has 0 saturated carbocycles. The Labute approximate surface area is 123 Å². The van der Waals surface area contributed by atoms with Gasteiger partial charge in [-0.25, -0.2) is 8.42 Å². The lowest BCUT2D eigenvalue weighted by Gasteiger charge is -2.30. The van der Waals surface area contributed by atoms with Crippen molar-refractivity contribution in [3.05, 3.63) is 28.3 Å². The predicted octanol–water partition coefficient (Wildman–Crippen LogP) is 1.44. The zero-order valence-corrected chi connectivity index (χ0v) is 12.7. The highest BCUT2D eigenvalue weighted by atomic mass is 32.2. The summed E-state index contributed by atoms with van der Waals surface area (Å²) in [6.45, 7) is 4.11. The highest BCUT2D eigenvalue weighted by molar-refractivity contribution is 7.89. The van der Waals surface area contributed by atoms with Crippen molar-refractivity contribution in [3.8, 4) is 0 Å². The molecule has 116 valence electrons. The summed E-state index contributed by atoms with van der Waals surface area (Å²) in [5.41, 5.74) is 1.41. The molecule has 3 N–H and O–H groups in total. The molecule has 0 aliphatic carbocycles. The van der Waals surface area contributed by atoms with Crippen molar-refractivity contribution >= 4 is 21.4 Å². The summed E-state index contributed by atoms with van der Waals surface area (Å²) in [5, 5.41) is 11.0. The van der Waals surface area contributed by atoms with Crippen LogP contribution in [0, 0.1) is 10.1 Å². The minimum Gasteiger partial charge on any atom is -0.318 e. The second kappa shape index (κ2) is 5.24. The Hall–Kier alpha value is -1.71. The van der Waals surface area contributed by atoms with E-state index < -0.39 is 20.5 Å². The van der Waals surface area contributed by atoms with Crippen LogP contribution in [0.1, 0.15) is 26.7 Å². The van der Waals surface area contributed by atoms with E-state index in [0.29, 0.717) is 6.54 Å². The topological polar surface area (TPSA) is 119 Å². The number of hydrazine groups is 1. The molecule has 0 aromatic heterocycles. The Bertz CT molecular complexity index is 672. The minimum atomic E-state index is -3.77. The van der Waals surface area contributed by atoms with Crippen LogP contribution in [0.25, 0.3) is 0 Å². The first-order valence-corrected chi connectivity index (χ1v) is 7.92. The maximum atomic E-state index is 12.7. The van der Waals surface area contributed by atoms with Crippen molar-refractivity contribution in [1.29, 1.82) is 0 Å². The number of benzene rings is 1. The quantitative estimate of drug-likeness (QED) is 0.493. The molecule has 0 amide bonds. The smallest absolute Gasteiger partial charge is 0.294 e. The van der Waals surface area contributed by atoms with E-state index in [-0.39, 0.29) is 16.3 Å². The SMILES string of the molecule is CC1(C)CCCN1S(=O)(=O)c1ccc(NN)c([N+](=O)[O-])c1. The summed E-state index contributed by atoms with van der Waals surface area (Å²) in [6, 6.07) is 3.67. The number of nitro groups is 1. The van der Waals surface area contributed by atoms with Gasteiger partial charge in [-0.3, -0.25) is 16.0 Å². The molecule has 0 bridgehead atoms. The Morgan fingerprint density at radius 3 is 2.57 bits per heavy atom. The molecular weight excluding hydrogens is 296 g/mol. The van der Waals surface area contributed by atoms with Crippen molar-refractivity contribution in [2.45, 2.75) is 37.1 Å². The molecule has 1 aliphatic heterocycles. The van der Waals surface area contributed by atoms with Crippen LogP contribution >= 0.6 is 0 Å². The Morgan fingerprint density at radius 2 is 2.10 bits per heavy atom. The van der Waals surface area contributed by atoms with E-state index in [0.717, 1.165) is 18.9 Å². The van der Waals surface area contributed by atoms with E-state index in [4.69, 9.17) is 5.84 Å². The number of nitrogens with one attached hydrogen (secondary N) is 1. The average molecular weight is 314 g/mol. The number of hydrogen-bond acceptors (Lipinski definition) is 6. The standard InChI is InChI=1S/C12H18N4O4S/c1-12(2)6-3-7-15(12)21(19,20)9-4-5-10(14-13)11(8-9)16(17)18/h4-5,8,14H,3,6-7,13H2,1-2H3. The fourth-order valence-electron chi connectivity index (χ4n) is 2.60. The molecule has 1 saturated heterocycles. The second-order valence-electron chi connectivity index (χ2n) is 5.57. The number of nitrogen functional groups attached to an aromatic ring is 1. The lowest BCUT2D eigenvalue weighted by Crippen LogP contribution is -2.42. The third-order valence-corrected chi connectivity index (χ3v) is 5.84. The molecule has 0 radical (unpaired) electrons. The number of nitrogens with two attached hydrogens (primary N) is 1. The van der Waals surface area contributed by atoms with Crippen LogP contribution in [0.2, 0.25) is 0 Å².